The van der Waals surface area contributed by atoms with E-state index in [1.165, 1.54) is 6.20 Å². The zero-order chi connectivity index (χ0) is 16.7. The second-order valence-corrected chi connectivity index (χ2v) is 7.40. The predicted molar refractivity (Wildman–Crippen MR) is 87.9 cm³/mol. The number of benzene rings is 1. The Labute approximate surface area is 142 Å². The summed E-state index contributed by atoms with van der Waals surface area (Å²) in [6.45, 7) is 3.11. The lowest BCUT2D eigenvalue weighted by molar-refractivity contribution is 0.0622. The lowest BCUT2D eigenvalue weighted by atomic mass is 9.84. The van der Waals surface area contributed by atoms with Crippen molar-refractivity contribution in [2.24, 2.45) is 5.92 Å². The van der Waals surface area contributed by atoms with Gasteiger partial charge in [0.15, 0.2) is 0 Å². The van der Waals surface area contributed by atoms with Gasteiger partial charge >= 0.3 is 0 Å². The number of carbonyl (C=O) groups is 1. The molecule has 1 N–H and O–H groups in total. The number of aromatic nitrogens is 1. The van der Waals surface area contributed by atoms with E-state index in [9.17, 15) is 13.6 Å². The molecular weight excluding hydrogens is 332 g/mol. The van der Waals surface area contributed by atoms with Crippen LogP contribution in [0.2, 0.25) is 0 Å². The van der Waals surface area contributed by atoms with Gasteiger partial charge in [-0.1, -0.05) is 0 Å². The van der Waals surface area contributed by atoms with Gasteiger partial charge in [-0.05, 0) is 50.0 Å². The maximum atomic E-state index is 13.8. The zero-order valence-corrected chi connectivity index (χ0v) is 13.8. The van der Waals surface area contributed by atoms with Gasteiger partial charge in [0.05, 0.1) is 6.20 Å². The van der Waals surface area contributed by atoms with Gasteiger partial charge in [0.1, 0.15) is 21.5 Å². The maximum Gasteiger partial charge on any atom is 0.263 e. The van der Waals surface area contributed by atoms with E-state index in [1.54, 1.807) is 0 Å². The highest BCUT2D eigenvalue weighted by Crippen LogP contribution is 2.30. The standard InChI is InChI=1S/C17H17F2N3OS/c18-11-1-2-13(19)12(7-11)17-20-8-15(24-17)16(23)21-14-9-22-5-3-10(14)4-6-22/h1-2,7-8,10,14H,3-6,9H2,(H,21,23)/t14-/m0/s1. The van der Waals surface area contributed by atoms with Crippen LogP contribution in [0.25, 0.3) is 10.6 Å². The van der Waals surface area contributed by atoms with Crippen molar-refractivity contribution < 1.29 is 13.6 Å². The highest BCUT2D eigenvalue weighted by Gasteiger charge is 2.35. The Morgan fingerprint density at radius 3 is 2.79 bits per heavy atom. The van der Waals surface area contributed by atoms with Crippen LogP contribution in [0.3, 0.4) is 0 Å². The van der Waals surface area contributed by atoms with Crippen LogP contribution in [-0.4, -0.2) is 41.5 Å². The van der Waals surface area contributed by atoms with Crippen molar-refractivity contribution in [2.45, 2.75) is 18.9 Å². The summed E-state index contributed by atoms with van der Waals surface area (Å²) in [5.41, 5.74) is 0.0851. The summed E-state index contributed by atoms with van der Waals surface area (Å²) in [7, 11) is 0. The predicted octanol–water partition coefficient (Wildman–Crippen LogP) is 2.91. The van der Waals surface area contributed by atoms with Crippen molar-refractivity contribution in [3.63, 3.8) is 0 Å². The number of hydrogen-bond donors (Lipinski definition) is 1. The molecule has 0 radical (unpaired) electrons. The Morgan fingerprint density at radius 1 is 1.29 bits per heavy atom. The topological polar surface area (TPSA) is 45.2 Å². The van der Waals surface area contributed by atoms with Crippen LogP contribution < -0.4 is 5.32 Å². The Kier molecular flexibility index (Phi) is 4.05. The van der Waals surface area contributed by atoms with Crippen molar-refractivity contribution in [1.29, 1.82) is 0 Å². The minimum Gasteiger partial charge on any atom is -0.347 e. The average molecular weight is 349 g/mol. The van der Waals surface area contributed by atoms with Crippen molar-refractivity contribution in [3.8, 4) is 10.6 Å². The molecule has 1 aromatic heterocycles. The Bertz CT molecular complexity index is 771. The van der Waals surface area contributed by atoms with Crippen molar-refractivity contribution >= 4 is 17.2 Å². The molecule has 0 aliphatic carbocycles. The molecule has 24 heavy (non-hydrogen) atoms. The Balaban J connectivity index is 1.50. The molecule has 3 aliphatic heterocycles. The van der Waals surface area contributed by atoms with Crippen LogP contribution in [0, 0.1) is 17.6 Å². The summed E-state index contributed by atoms with van der Waals surface area (Å²) >= 11 is 1.08. The molecule has 0 unspecified atom stereocenters. The third kappa shape index (κ3) is 2.93. The summed E-state index contributed by atoms with van der Waals surface area (Å²) in [6, 6.07) is 3.40. The quantitative estimate of drug-likeness (QED) is 0.927. The molecule has 0 spiro atoms. The second kappa shape index (κ2) is 6.22. The number of thiazole rings is 1. The fourth-order valence-electron chi connectivity index (χ4n) is 3.53. The number of amides is 1. The molecule has 5 rings (SSSR count). The molecule has 2 bridgehead atoms. The summed E-state index contributed by atoms with van der Waals surface area (Å²) in [5, 5.41) is 3.39. The molecule has 4 heterocycles. The first kappa shape index (κ1) is 15.7. The van der Waals surface area contributed by atoms with Crippen LogP contribution in [0.1, 0.15) is 22.5 Å². The first-order chi connectivity index (χ1) is 11.6. The molecule has 3 fully saturated rings. The third-order valence-corrected chi connectivity index (χ3v) is 5.89. The molecule has 1 aromatic carbocycles. The number of piperidine rings is 3. The molecule has 2 aromatic rings. The summed E-state index contributed by atoms with van der Waals surface area (Å²) in [5.74, 6) is -0.726. The summed E-state index contributed by atoms with van der Waals surface area (Å²) in [6.07, 6.45) is 3.67. The van der Waals surface area contributed by atoms with E-state index in [0.29, 0.717) is 15.8 Å². The minimum absolute atomic E-state index is 0.0851. The number of nitrogens with one attached hydrogen (secondary N) is 1. The third-order valence-electron chi connectivity index (χ3n) is 4.86. The molecule has 7 heteroatoms. The molecule has 3 aliphatic rings. The van der Waals surface area contributed by atoms with E-state index in [0.717, 1.165) is 62.0 Å². The molecule has 1 amide bonds. The van der Waals surface area contributed by atoms with Crippen LogP contribution in [0.5, 0.6) is 0 Å². The van der Waals surface area contributed by atoms with Gasteiger partial charge in [0.25, 0.3) is 5.91 Å². The Hall–Kier alpha value is -1.86. The number of hydrogen-bond acceptors (Lipinski definition) is 4. The number of rotatable bonds is 3. The summed E-state index contributed by atoms with van der Waals surface area (Å²) in [4.78, 5) is 19.3. The van der Waals surface area contributed by atoms with Gasteiger partial charge in [-0.3, -0.25) is 4.79 Å². The normalized spacial score (nSPS) is 25.7. The first-order valence-corrected chi connectivity index (χ1v) is 8.86. The van der Waals surface area contributed by atoms with Crippen LogP contribution in [0.15, 0.2) is 24.4 Å². The summed E-state index contributed by atoms with van der Waals surface area (Å²) < 4.78 is 27.2. The second-order valence-electron chi connectivity index (χ2n) is 6.37. The molecule has 126 valence electrons. The molecule has 1 atom stereocenters. The number of carbonyl (C=O) groups excluding carboxylic acids is 1. The molecular formula is C17H17F2N3OS. The van der Waals surface area contributed by atoms with E-state index in [2.05, 4.69) is 15.2 Å². The molecule has 4 nitrogen and oxygen atoms in total. The SMILES string of the molecule is O=C(N[C@H]1CN2CCC1CC2)c1cnc(-c2cc(F)ccc2F)s1. The van der Waals surface area contributed by atoms with Gasteiger partial charge < -0.3 is 10.2 Å². The van der Waals surface area contributed by atoms with Crippen molar-refractivity contribution in [3.05, 3.63) is 40.9 Å². The van der Waals surface area contributed by atoms with Crippen LogP contribution in [0.4, 0.5) is 8.78 Å². The van der Waals surface area contributed by atoms with Crippen molar-refractivity contribution in [1.82, 2.24) is 15.2 Å². The maximum absolute atomic E-state index is 13.8. The van der Waals surface area contributed by atoms with Crippen LogP contribution in [-0.2, 0) is 0 Å². The highest BCUT2D eigenvalue weighted by atomic mass is 32.1. The van der Waals surface area contributed by atoms with Gasteiger partial charge in [-0.25, -0.2) is 13.8 Å². The van der Waals surface area contributed by atoms with Crippen molar-refractivity contribution in [2.75, 3.05) is 19.6 Å². The highest BCUT2D eigenvalue weighted by molar-refractivity contribution is 7.16. The lowest BCUT2D eigenvalue weighted by Gasteiger charge is -2.44. The molecule has 3 saturated heterocycles. The fraction of sp³-hybridized carbons (Fsp3) is 0.412. The zero-order valence-electron chi connectivity index (χ0n) is 13.0. The lowest BCUT2D eigenvalue weighted by Crippen LogP contribution is -2.57. The smallest absolute Gasteiger partial charge is 0.263 e. The van der Waals surface area contributed by atoms with E-state index in [1.807, 2.05) is 0 Å². The number of fused-ring (bicyclic) bond motifs is 3. The Morgan fingerprint density at radius 2 is 2.08 bits per heavy atom. The number of nitrogens with zero attached hydrogens (tertiary/aromatic N) is 2. The number of halogens is 2. The fourth-order valence-corrected chi connectivity index (χ4v) is 4.37. The van der Waals surface area contributed by atoms with Gasteiger partial charge in [0, 0.05) is 18.2 Å². The van der Waals surface area contributed by atoms with Gasteiger partial charge in [-0.2, -0.15) is 0 Å². The van der Waals surface area contributed by atoms with E-state index >= 15 is 0 Å². The van der Waals surface area contributed by atoms with Gasteiger partial charge in [0.2, 0.25) is 0 Å². The van der Waals surface area contributed by atoms with E-state index in [4.69, 9.17) is 0 Å². The average Bonchev–Trinajstić information content (AvgIpc) is 3.08. The largest absolute Gasteiger partial charge is 0.347 e. The first-order valence-electron chi connectivity index (χ1n) is 8.04. The van der Waals surface area contributed by atoms with Crippen LogP contribution >= 0.6 is 11.3 Å². The van der Waals surface area contributed by atoms with E-state index in [-0.39, 0.29) is 17.5 Å². The molecule has 0 saturated carbocycles. The van der Waals surface area contributed by atoms with E-state index < -0.39 is 11.6 Å². The van der Waals surface area contributed by atoms with Gasteiger partial charge in [-0.15, -0.1) is 11.3 Å². The minimum atomic E-state index is -0.546. The monoisotopic (exact) mass is 349 g/mol.